The molecule has 2 amide bonds. The van der Waals surface area contributed by atoms with Gasteiger partial charge in [0.25, 0.3) is 5.91 Å². The van der Waals surface area contributed by atoms with Gasteiger partial charge in [0, 0.05) is 5.02 Å². The molecule has 1 saturated carbocycles. The highest BCUT2D eigenvalue weighted by molar-refractivity contribution is 6.30. The van der Waals surface area contributed by atoms with Gasteiger partial charge in [-0.15, -0.1) is 0 Å². The van der Waals surface area contributed by atoms with Gasteiger partial charge in [-0.05, 0) is 50.5 Å². The lowest BCUT2D eigenvalue weighted by atomic mass is 10.1. The minimum atomic E-state index is -0.325. The topological polar surface area (TPSA) is 71.3 Å². The largest absolute Gasteiger partial charge is 0.466 e. The summed E-state index contributed by atoms with van der Waals surface area (Å²) in [6.07, 6.45) is 1.77. The van der Waals surface area contributed by atoms with E-state index in [-0.39, 0.29) is 23.9 Å². The van der Waals surface area contributed by atoms with Crippen molar-refractivity contribution < 1.29 is 14.0 Å². The second-order valence-corrected chi connectivity index (χ2v) is 6.58. The lowest BCUT2D eigenvalue weighted by molar-refractivity contribution is -0.121. The van der Waals surface area contributed by atoms with E-state index in [1.54, 1.807) is 19.9 Å². The lowest BCUT2D eigenvalue weighted by Gasteiger charge is -2.18. The maximum absolute atomic E-state index is 12.2. The third-order valence-electron chi connectivity index (χ3n) is 4.22. The zero-order chi connectivity index (χ0) is 17.3. The van der Waals surface area contributed by atoms with Crippen LogP contribution in [0.1, 0.15) is 40.3 Å². The fourth-order valence-corrected chi connectivity index (χ4v) is 2.93. The molecule has 6 heteroatoms. The first-order chi connectivity index (χ1) is 11.4. The molecule has 1 fully saturated rings. The molecule has 0 spiro atoms. The van der Waals surface area contributed by atoms with Gasteiger partial charge in [-0.1, -0.05) is 23.7 Å². The molecule has 0 radical (unpaired) electrons. The molecule has 3 rings (SSSR count). The average Bonchev–Trinajstić information content (AvgIpc) is 3.23. The Bertz CT molecular complexity index is 776. The summed E-state index contributed by atoms with van der Waals surface area (Å²) in [5, 5.41) is 6.31. The summed E-state index contributed by atoms with van der Waals surface area (Å²) >= 11 is 5.90. The number of rotatable bonds is 5. The molecule has 2 N–H and O–H groups in total. The molecule has 0 bridgehead atoms. The lowest BCUT2D eigenvalue weighted by Crippen LogP contribution is -2.42. The first kappa shape index (κ1) is 16.6. The number of aryl methyl sites for hydroxylation is 2. The van der Waals surface area contributed by atoms with Crippen molar-refractivity contribution in [2.45, 2.75) is 32.2 Å². The van der Waals surface area contributed by atoms with Crippen LogP contribution in [0.25, 0.3) is 0 Å². The zero-order valence-corrected chi connectivity index (χ0v) is 14.4. The molecule has 0 unspecified atom stereocenters. The number of benzene rings is 1. The van der Waals surface area contributed by atoms with E-state index in [0.29, 0.717) is 22.1 Å². The number of nitrogens with one attached hydrogen (secondary N) is 2. The third-order valence-corrected chi connectivity index (χ3v) is 4.47. The van der Waals surface area contributed by atoms with Crippen molar-refractivity contribution >= 4 is 23.4 Å². The number of hydrogen-bond acceptors (Lipinski definition) is 3. The van der Waals surface area contributed by atoms with Crippen LogP contribution in [0.2, 0.25) is 5.02 Å². The van der Waals surface area contributed by atoms with Gasteiger partial charge in [-0.25, -0.2) is 0 Å². The molecule has 5 nitrogen and oxygen atoms in total. The van der Waals surface area contributed by atoms with Gasteiger partial charge in [-0.2, -0.15) is 0 Å². The minimum absolute atomic E-state index is 0.0716. The van der Waals surface area contributed by atoms with E-state index in [1.165, 1.54) is 0 Å². The van der Waals surface area contributed by atoms with Crippen molar-refractivity contribution in [1.29, 1.82) is 0 Å². The maximum atomic E-state index is 12.2. The van der Waals surface area contributed by atoms with Gasteiger partial charge in [0.15, 0.2) is 0 Å². The van der Waals surface area contributed by atoms with Crippen LogP contribution in [0.15, 0.2) is 34.7 Å². The van der Waals surface area contributed by atoms with Crippen LogP contribution in [0.4, 0.5) is 0 Å². The molecule has 1 aliphatic carbocycles. The molecule has 0 aliphatic heterocycles. The predicted octanol–water partition coefficient (Wildman–Crippen LogP) is 3.09. The van der Waals surface area contributed by atoms with Crippen molar-refractivity contribution in [3.8, 4) is 0 Å². The summed E-state index contributed by atoms with van der Waals surface area (Å²) < 4.78 is 5.33. The van der Waals surface area contributed by atoms with Crippen LogP contribution in [0.5, 0.6) is 0 Å². The molecule has 1 aromatic carbocycles. The normalized spacial score (nSPS) is 15.0. The highest BCUT2D eigenvalue weighted by Crippen LogP contribution is 2.45. The van der Waals surface area contributed by atoms with E-state index in [9.17, 15) is 9.59 Å². The Balaban J connectivity index is 1.57. The SMILES string of the molecule is Cc1cc(C(=O)NCC(=O)NC2(c3ccc(Cl)cc3)CC2)c(C)o1. The Labute approximate surface area is 145 Å². The maximum Gasteiger partial charge on any atom is 0.255 e. The van der Waals surface area contributed by atoms with Gasteiger partial charge in [0.2, 0.25) is 5.91 Å². The standard InChI is InChI=1S/C18H19ClN2O3/c1-11-9-15(12(2)24-11)17(23)20-10-16(22)21-18(7-8-18)13-3-5-14(19)6-4-13/h3-6,9H,7-8,10H2,1-2H3,(H,20,23)(H,21,22). The Morgan fingerprint density at radius 2 is 1.88 bits per heavy atom. The van der Waals surface area contributed by atoms with Crippen LogP contribution in [0.3, 0.4) is 0 Å². The Morgan fingerprint density at radius 1 is 1.21 bits per heavy atom. The molecule has 1 aliphatic rings. The predicted molar refractivity (Wildman–Crippen MR) is 91.0 cm³/mol. The zero-order valence-electron chi connectivity index (χ0n) is 13.6. The van der Waals surface area contributed by atoms with Gasteiger partial charge < -0.3 is 15.1 Å². The van der Waals surface area contributed by atoms with Crippen molar-refractivity contribution in [2.75, 3.05) is 6.54 Å². The second-order valence-electron chi connectivity index (χ2n) is 6.15. The van der Waals surface area contributed by atoms with E-state index in [2.05, 4.69) is 10.6 Å². The van der Waals surface area contributed by atoms with E-state index in [4.69, 9.17) is 16.0 Å². The monoisotopic (exact) mass is 346 g/mol. The van der Waals surface area contributed by atoms with Gasteiger partial charge in [-0.3, -0.25) is 9.59 Å². The molecular weight excluding hydrogens is 328 g/mol. The Kier molecular flexibility index (Phi) is 4.37. The highest BCUT2D eigenvalue weighted by atomic mass is 35.5. The van der Waals surface area contributed by atoms with Crippen molar-refractivity contribution in [2.24, 2.45) is 0 Å². The third kappa shape index (κ3) is 3.46. The van der Waals surface area contributed by atoms with Crippen LogP contribution in [-0.4, -0.2) is 18.4 Å². The summed E-state index contributed by atoms with van der Waals surface area (Å²) in [7, 11) is 0. The first-order valence-electron chi connectivity index (χ1n) is 7.82. The van der Waals surface area contributed by atoms with Crippen molar-refractivity contribution in [3.63, 3.8) is 0 Å². The second kappa shape index (κ2) is 6.32. The number of furan rings is 1. The summed E-state index contributed by atoms with van der Waals surface area (Å²) in [5.74, 6) is 0.691. The number of halogens is 1. The van der Waals surface area contributed by atoms with Gasteiger partial charge >= 0.3 is 0 Å². The molecule has 24 heavy (non-hydrogen) atoms. The number of amides is 2. The summed E-state index contributed by atoms with van der Waals surface area (Å²) in [6, 6.07) is 9.14. The Morgan fingerprint density at radius 3 is 2.42 bits per heavy atom. The van der Waals surface area contributed by atoms with Crippen molar-refractivity contribution in [1.82, 2.24) is 10.6 Å². The summed E-state index contributed by atoms with van der Waals surface area (Å²) in [5.41, 5.74) is 1.17. The van der Waals surface area contributed by atoms with Gasteiger partial charge in [0.1, 0.15) is 11.5 Å². The van der Waals surface area contributed by atoms with Crippen LogP contribution >= 0.6 is 11.6 Å². The number of carbonyl (C=O) groups excluding carboxylic acids is 2. The van der Waals surface area contributed by atoms with Crippen LogP contribution in [0, 0.1) is 13.8 Å². The van der Waals surface area contributed by atoms with E-state index in [0.717, 1.165) is 18.4 Å². The van der Waals surface area contributed by atoms with Crippen LogP contribution in [-0.2, 0) is 10.3 Å². The molecule has 0 atom stereocenters. The highest BCUT2D eigenvalue weighted by Gasteiger charge is 2.45. The molecule has 0 saturated heterocycles. The summed E-state index contributed by atoms with van der Waals surface area (Å²) in [6.45, 7) is 3.43. The molecule has 126 valence electrons. The molecule has 2 aromatic rings. The smallest absolute Gasteiger partial charge is 0.255 e. The van der Waals surface area contributed by atoms with E-state index >= 15 is 0 Å². The first-order valence-corrected chi connectivity index (χ1v) is 8.20. The average molecular weight is 347 g/mol. The number of hydrogen-bond donors (Lipinski definition) is 2. The molecule has 1 heterocycles. The van der Waals surface area contributed by atoms with Gasteiger partial charge in [0.05, 0.1) is 17.6 Å². The van der Waals surface area contributed by atoms with Crippen LogP contribution < -0.4 is 10.6 Å². The Hall–Kier alpha value is -2.27. The summed E-state index contributed by atoms with van der Waals surface area (Å²) in [4.78, 5) is 24.3. The minimum Gasteiger partial charge on any atom is -0.466 e. The number of carbonyl (C=O) groups is 2. The fourth-order valence-electron chi connectivity index (χ4n) is 2.80. The quantitative estimate of drug-likeness (QED) is 0.874. The van der Waals surface area contributed by atoms with E-state index < -0.39 is 0 Å². The van der Waals surface area contributed by atoms with E-state index in [1.807, 2.05) is 24.3 Å². The fraction of sp³-hybridized carbons (Fsp3) is 0.333. The van der Waals surface area contributed by atoms with Crippen molar-refractivity contribution in [3.05, 3.63) is 58.0 Å². The molecule has 1 aromatic heterocycles. The molecular formula is C18H19ClN2O3.